The molecule has 0 spiro atoms. The lowest BCUT2D eigenvalue weighted by atomic mass is 10.2. The molecule has 1 amide bonds. The Morgan fingerprint density at radius 1 is 1.38 bits per heavy atom. The number of hydrogen-bond donors (Lipinski definition) is 2. The molecular weight excluding hydrogens is 202 g/mol. The van der Waals surface area contributed by atoms with E-state index in [1.54, 1.807) is 0 Å². The Kier molecular flexibility index (Phi) is 4.95. The first kappa shape index (κ1) is 12.7. The van der Waals surface area contributed by atoms with Gasteiger partial charge in [-0.3, -0.25) is 4.79 Å². The maximum Gasteiger partial charge on any atom is 0.238 e. The van der Waals surface area contributed by atoms with Crippen molar-refractivity contribution in [2.24, 2.45) is 0 Å². The lowest BCUT2D eigenvalue weighted by Gasteiger charge is -2.10. The first-order chi connectivity index (χ1) is 7.61. The van der Waals surface area contributed by atoms with Crippen LogP contribution in [0.1, 0.15) is 5.56 Å². The highest BCUT2D eigenvalue weighted by Crippen LogP contribution is 2.10. The predicted molar refractivity (Wildman–Crippen MR) is 66.4 cm³/mol. The number of nitrogens with zero attached hydrogens (tertiary/aromatic N) is 1. The maximum atomic E-state index is 11.5. The molecule has 0 aliphatic heterocycles. The molecule has 88 valence electrons. The third-order valence-electron chi connectivity index (χ3n) is 2.05. The highest BCUT2D eigenvalue weighted by Gasteiger charge is 2.03. The zero-order valence-electron chi connectivity index (χ0n) is 10.1. The molecule has 1 aromatic carbocycles. The highest BCUT2D eigenvalue weighted by atomic mass is 16.2. The summed E-state index contributed by atoms with van der Waals surface area (Å²) in [6, 6.07) is 7.84. The van der Waals surface area contributed by atoms with E-state index in [0.29, 0.717) is 6.54 Å². The van der Waals surface area contributed by atoms with Crippen LogP contribution in [0.15, 0.2) is 24.3 Å². The fourth-order valence-corrected chi connectivity index (χ4v) is 1.45. The molecule has 0 saturated carbocycles. The summed E-state index contributed by atoms with van der Waals surface area (Å²) in [7, 11) is 5.64. The summed E-state index contributed by atoms with van der Waals surface area (Å²) in [5, 5.41) is 5.94. The predicted octanol–water partition coefficient (Wildman–Crippen LogP) is 0.906. The molecule has 0 unspecified atom stereocenters. The van der Waals surface area contributed by atoms with E-state index in [9.17, 15) is 4.79 Å². The molecule has 2 N–H and O–H groups in total. The quantitative estimate of drug-likeness (QED) is 0.776. The lowest BCUT2D eigenvalue weighted by molar-refractivity contribution is -0.116. The number of anilines is 1. The van der Waals surface area contributed by atoms with Crippen molar-refractivity contribution in [3.63, 3.8) is 0 Å². The van der Waals surface area contributed by atoms with Gasteiger partial charge in [0.1, 0.15) is 0 Å². The van der Waals surface area contributed by atoms with Gasteiger partial charge in [0.05, 0.1) is 6.54 Å². The Hall–Kier alpha value is -1.39. The molecule has 0 radical (unpaired) electrons. The van der Waals surface area contributed by atoms with E-state index in [1.165, 1.54) is 0 Å². The van der Waals surface area contributed by atoms with Crippen molar-refractivity contribution in [1.29, 1.82) is 0 Å². The Bertz CT molecular complexity index is 350. The van der Waals surface area contributed by atoms with Gasteiger partial charge >= 0.3 is 0 Å². The van der Waals surface area contributed by atoms with E-state index < -0.39 is 0 Å². The Labute approximate surface area is 96.6 Å². The van der Waals surface area contributed by atoms with E-state index in [0.717, 1.165) is 17.8 Å². The van der Waals surface area contributed by atoms with Gasteiger partial charge in [-0.2, -0.15) is 0 Å². The zero-order chi connectivity index (χ0) is 12.0. The van der Waals surface area contributed by atoms with Gasteiger partial charge in [0.2, 0.25) is 5.91 Å². The van der Waals surface area contributed by atoms with Crippen LogP contribution in [0.2, 0.25) is 0 Å². The standard InChI is InChI=1S/C12H19N3O/c1-13-8-10-5-4-6-11(7-10)14-12(16)9-15(2)3/h4-7,13H,8-9H2,1-3H3,(H,14,16). The van der Waals surface area contributed by atoms with Crippen LogP contribution in [0.25, 0.3) is 0 Å². The molecule has 0 saturated heterocycles. The molecule has 1 rings (SSSR count). The minimum absolute atomic E-state index is 0.00612. The molecule has 0 fully saturated rings. The Morgan fingerprint density at radius 3 is 2.75 bits per heavy atom. The van der Waals surface area contributed by atoms with Crippen LogP contribution in [0.5, 0.6) is 0 Å². The average Bonchev–Trinajstić information content (AvgIpc) is 2.17. The smallest absolute Gasteiger partial charge is 0.238 e. The first-order valence-corrected chi connectivity index (χ1v) is 5.30. The van der Waals surface area contributed by atoms with Crippen LogP contribution in [-0.2, 0) is 11.3 Å². The third-order valence-corrected chi connectivity index (χ3v) is 2.05. The van der Waals surface area contributed by atoms with Gasteiger partial charge in [-0.15, -0.1) is 0 Å². The third kappa shape index (κ3) is 4.42. The number of amides is 1. The molecule has 0 aliphatic carbocycles. The minimum Gasteiger partial charge on any atom is -0.325 e. The number of likely N-dealkylation sites (N-methyl/N-ethyl adjacent to an activating group) is 1. The number of carbonyl (C=O) groups is 1. The van der Waals surface area contributed by atoms with Crippen molar-refractivity contribution in [2.75, 3.05) is 33.0 Å². The van der Waals surface area contributed by atoms with Crippen molar-refractivity contribution in [3.8, 4) is 0 Å². The summed E-state index contributed by atoms with van der Waals surface area (Å²) in [6.07, 6.45) is 0. The monoisotopic (exact) mass is 221 g/mol. The molecule has 16 heavy (non-hydrogen) atoms. The normalized spacial score (nSPS) is 10.5. The van der Waals surface area contributed by atoms with Gasteiger partial charge in [-0.05, 0) is 38.8 Å². The average molecular weight is 221 g/mol. The molecule has 4 heteroatoms. The fraction of sp³-hybridized carbons (Fsp3) is 0.417. The van der Waals surface area contributed by atoms with Gasteiger partial charge in [-0.25, -0.2) is 0 Å². The molecule has 0 aliphatic rings. The second-order valence-electron chi connectivity index (χ2n) is 4.02. The van der Waals surface area contributed by atoms with Crippen molar-refractivity contribution >= 4 is 11.6 Å². The Balaban J connectivity index is 2.59. The number of rotatable bonds is 5. The summed E-state index contributed by atoms with van der Waals surface area (Å²) < 4.78 is 0. The van der Waals surface area contributed by atoms with Crippen molar-refractivity contribution in [2.45, 2.75) is 6.54 Å². The summed E-state index contributed by atoms with van der Waals surface area (Å²) in [6.45, 7) is 1.20. The first-order valence-electron chi connectivity index (χ1n) is 5.30. The van der Waals surface area contributed by atoms with Crippen LogP contribution in [0.4, 0.5) is 5.69 Å². The topological polar surface area (TPSA) is 44.4 Å². The maximum absolute atomic E-state index is 11.5. The molecule has 0 aromatic heterocycles. The van der Waals surface area contributed by atoms with E-state index in [-0.39, 0.29) is 5.91 Å². The van der Waals surface area contributed by atoms with Crippen molar-refractivity contribution in [3.05, 3.63) is 29.8 Å². The lowest BCUT2D eigenvalue weighted by Crippen LogP contribution is -2.27. The molecular formula is C12H19N3O. The largest absolute Gasteiger partial charge is 0.325 e. The number of carbonyl (C=O) groups excluding carboxylic acids is 1. The Morgan fingerprint density at radius 2 is 2.12 bits per heavy atom. The van der Waals surface area contributed by atoms with Gasteiger partial charge < -0.3 is 15.5 Å². The number of benzene rings is 1. The molecule has 4 nitrogen and oxygen atoms in total. The van der Waals surface area contributed by atoms with Gasteiger partial charge in [0, 0.05) is 12.2 Å². The number of hydrogen-bond acceptors (Lipinski definition) is 3. The summed E-state index contributed by atoms with van der Waals surface area (Å²) in [4.78, 5) is 13.4. The van der Waals surface area contributed by atoms with Gasteiger partial charge in [-0.1, -0.05) is 12.1 Å². The van der Waals surface area contributed by atoms with Crippen LogP contribution < -0.4 is 10.6 Å². The molecule has 0 atom stereocenters. The molecule has 0 heterocycles. The van der Waals surface area contributed by atoms with Gasteiger partial charge in [0.15, 0.2) is 0 Å². The minimum atomic E-state index is 0.00612. The van der Waals surface area contributed by atoms with E-state index in [1.807, 2.05) is 50.3 Å². The highest BCUT2D eigenvalue weighted by molar-refractivity contribution is 5.92. The van der Waals surface area contributed by atoms with Crippen LogP contribution in [-0.4, -0.2) is 38.5 Å². The second kappa shape index (κ2) is 6.25. The van der Waals surface area contributed by atoms with Gasteiger partial charge in [0.25, 0.3) is 0 Å². The van der Waals surface area contributed by atoms with Crippen LogP contribution >= 0.6 is 0 Å². The van der Waals surface area contributed by atoms with Crippen LogP contribution in [0, 0.1) is 0 Å². The van der Waals surface area contributed by atoms with E-state index in [2.05, 4.69) is 10.6 Å². The van der Waals surface area contributed by atoms with Crippen molar-refractivity contribution < 1.29 is 4.79 Å². The summed E-state index contributed by atoms with van der Waals surface area (Å²) in [5.41, 5.74) is 2.00. The van der Waals surface area contributed by atoms with Crippen molar-refractivity contribution in [1.82, 2.24) is 10.2 Å². The number of nitrogens with one attached hydrogen (secondary N) is 2. The van der Waals surface area contributed by atoms with E-state index >= 15 is 0 Å². The summed E-state index contributed by atoms with van der Waals surface area (Å²) >= 11 is 0. The second-order valence-corrected chi connectivity index (χ2v) is 4.02. The SMILES string of the molecule is CNCc1cccc(NC(=O)CN(C)C)c1. The summed E-state index contributed by atoms with van der Waals surface area (Å²) in [5.74, 6) is 0.00612. The molecule has 0 bridgehead atoms. The zero-order valence-corrected chi connectivity index (χ0v) is 10.1. The van der Waals surface area contributed by atoms with E-state index in [4.69, 9.17) is 0 Å². The van der Waals surface area contributed by atoms with Crippen LogP contribution in [0.3, 0.4) is 0 Å². The fourth-order valence-electron chi connectivity index (χ4n) is 1.45. The molecule has 1 aromatic rings.